The second-order valence-corrected chi connectivity index (χ2v) is 5.96. The molecule has 0 saturated carbocycles. The molecular formula is C16H12ClN3O2S. The number of rotatable bonds is 5. The van der Waals surface area contributed by atoms with E-state index < -0.39 is 5.97 Å². The third-order valence-electron chi connectivity index (χ3n) is 3.05. The molecule has 0 spiro atoms. The molecule has 1 N–H and O–H groups in total. The van der Waals surface area contributed by atoms with Crippen molar-refractivity contribution >= 4 is 40.5 Å². The minimum atomic E-state index is -0.451. The first kappa shape index (κ1) is 15.5. The van der Waals surface area contributed by atoms with E-state index in [0.29, 0.717) is 21.3 Å². The Morgan fingerprint density at radius 1 is 1.13 bits per heavy atom. The number of hydrogen-bond acceptors (Lipinski definition) is 6. The van der Waals surface area contributed by atoms with E-state index in [-0.39, 0.29) is 6.61 Å². The molecular weight excluding hydrogens is 334 g/mol. The van der Waals surface area contributed by atoms with Crippen LogP contribution in [0.4, 0.5) is 11.4 Å². The van der Waals surface area contributed by atoms with Gasteiger partial charge in [0.05, 0.1) is 11.3 Å². The molecule has 0 radical (unpaired) electrons. The summed E-state index contributed by atoms with van der Waals surface area (Å²) in [6, 6.07) is 16.8. The summed E-state index contributed by atoms with van der Waals surface area (Å²) in [7, 11) is 0. The lowest BCUT2D eigenvalue weighted by atomic mass is 10.1. The molecule has 0 amide bonds. The van der Waals surface area contributed by atoms with Gasteiger partial charge in [0, 0.05) is 17.2 Å². The van der Waals surface area contributed by atoms with Crippen LogP contribution in [-0.4, -0.2) is 15.6 Å². The summed E-state index contributed by atoms with van der Waals surface area (Å²) in [5.41, 5.74) is 2.46. The molecule has 0 saturated heterocycles. The van der Waals surface area contributed by atoms with Crippen molar-refractivity contribution in [3.8, 4) is 0 Å². The van der Waals surface area contributed by atoms with Crippen LogP contribution >= 0.6 is 23.1 Å². The lowest BCUT2D eigenvalue weighted by Gasteiger charge is -2.11. The van der Waals surface area contributed by atoms with E-state index in [1.165, 1.54) is 0 Å². The fourth-order valence-electron chi connectivity index (χ4n) is 1.94. The number of halogens is 1. The Hall–Kier alpha value is -2.44. The lowest BCUT2D eigenvalue weighted by molar-refractivity contribution is 0.0469. The Bertz CT molecular complexity index is 808. The van der Waals surface area contributed by atoms with Gasteiger partial charge in [0.1, 0.15) is 16.6 Å². The van der Waals surface area contributed by atoms with Crippen molar-refractivity contribution in [3.05, 3.63) is 70.2 Å². The summed E-state index contributed by atoms with van der Waals surface area (Å²) >= 11 is 6.96. The summed E-state index contributed by atoms with van der Waals surface area (Å²) in [5.74, 6) is -0.451. The minimum Gasteiger partial charge on any atom is -0.455 e. The molecule has 3 rings (SSSR count). The Labute approximate surface area is 142 Å². The minimum absolute atomic E-state index is 0.00611. The number of aromatic nitrogens is 2. The number of hydrogen-bond donors (Lipinski definition) is 1. The highest BCUT2D eigenvalue weighted by atomic mass is 35.5. The van der Waals surface area contributed by atoms with E-state index in [0.717, 1.165) is 17.2 Å². The molecule has 2 aromatic carbocycles. The zero-order valence-corrected chi connectivity index (χ0v) is 13.5. The standard InChI is InChI=1S/C16H12ClN3O2S/c17-15-14(19-20-23-15)10-22-16(21)12-8-4-5-9-13(12)18-11-6-2-1-3-7-11/h1-9,18H,10H2. The Kier molecular flexibility index (Phi) is 4.85. The molecule has 0 aliphatic heterocycles. The van der Waals surface area contributed by atoms with Crippen LogP contribution in [0.5, 0.6) is 0 Å². The Morgan fingerprint density at radius 3 is 2.61 bits per heavy atom. The van der Waals surface area contributed by atoms with Crippen molar-refractivity contribution in [1.82, 2.24) is 9.59 Å². The molecule has 1 heterocycles. The number of nitrogens with one attached hydrogen (secondary N) is 1. The maximum Gasteiger partial charge on any atom is 0.340 e. The van der Waals surface area contributed by atoms with Gasteiger partial charge in [-0.1, -0.05) is 46.4 Å². The number of carbonyl (C=O) groups excluding carboxylic acids is 1. The van der Waals surface area contributed by atoms with Crippen molar-refractivity contribution in [2.45, 2.75) is 6.61 Å². The zero-order valence-electron chi connectivity index (χ0n) is 11.9. The molecule has 7 heteroatoms. The van der Waals surface area contributed by atoms with Crippen molar-refractivity contribution in [1.29, 1.82) is 0 Å². The van der Waals surface area contributed by atoms with Crippen molar-refractivity contribution < 1.29 is 9.53 Å². The zero-order chi connectivity index (χ0) is 16.1. The van der Waals surface area contributed by atoms with Crippen molar-refractivity contribution in [3.63, 3.8) is 0 Å². The van der Waals surface area contributed by atoms with E-state index in [1.807, 2.05) is 42.5 Å². The van der Waals surface area contributed by atoms with E-state index in [9.17, 15) is 4.79 Å². The highest BCUT2D eigenvalue weighted by Crippen LogP contribution is 2.23. The third-order valence-corrected chi connectivity index (χ3v) is 4.03. The number of ether oxygens (including phenoxy) is 1. The van der Waals surface area contributed by atoms with Gasteiger partial charge in [0.2, 0.25) is 0 Å². The number of esters is 1. The smallest absolute Gasteiger partial charge is 0.340 e. The fraction of sp³-hybridized carbons (Fsp3) is 0.0625. The summed E-state index contributed by atoms with van der Waals surface area (Å²) in [6.45, 7) is -0.00611. The van der Waals surface area contributed by atoms with Crippen molar-refractivity contribution in [2.24, 2.45) is 0 Å². The second kappa shape index (κ2) is 7.21. The Morgan fingerprint density at radius 2 is 1.87 bits per heavy atom. The number of anilines is 2. The molecule has 0 fully saturated rings. The highest BCUT2D eigenvalue weighted by Gasteiger charge is 2.14. The molecule has 0 unspecified atom stereocenters. The van der Waals surface area contributed by atoms with Gasteiger partial charge in [-0.2, -0.15) is 0 Å². The summed E-state index contributed by atoms with van der Waals surface area (Å²) < 4.78 is 9.40. The maximum atomic E-state index is 12.3. The van der Waals surface area contributed by atoms with Crippen LogP contribution in [0, 0.1) is 0 Å². The third kappa shape index (κ3) is 3.85. The molecule has 1 aromatic heterocycles. The van der Waals surface area contributed by atoms with Crippen LogP contribution in [0.15, 0.2) is 54.6 Å². The molecule has 23 heavy (non-hydrogen) atoms. The fourth-order valence-corrected chi connectivity index (χ4v) is 2.54. The van der Waals surface area contributed by atoms with Gasteiger partial charge in [-0.15, -0.1) is 5.10 Å². The van der Waals surface area contributed by atoms with Gasteiger partial charge in [-0.05, 0) is 24.3 Å². The average Bonchev–Trinajstić information content (AvgIpc) is 2.99. The molecule has 0 bridgehead atoms. The molecule has 0 aliphatic carbocycles. The molecule has 0 aliphatic rings. The van der Waals surface area contributed by atoms with E-state index in [2.05, 4.69) is 14.9 Å². The summed E-state index contributed by atoms with van der Waals surface area (Å²) in [4.78, 5) is 12.3. The van der Waals surface area contributed by atoms with Crippen LogP contribution in [0.25, 0.3) is 0 Å². The average molecular weight is 346 g/mol. The number of benzene rings is 2. The lowest BCUT2D eigenvalue weighted by Crippen LogP contribution is -2.08. The first-order chi connectivity index (χ1) is 11.2. The highest BCUT2D eigenvalue weighted by molar-refractivity contribution is 7.10. The number of nitrogens with zero attached hydrogens (tertiary/aromatic N) is 2. The largest absolute Gasteiger partial charge is 0.455 e. The summed E-state index contributed by atoms with van der Waals surface area (Å²) in [5, 5.41) is 7.02. The van der Waals surface area contributed by atoms with E-state index >= 15 is 0 Å². The molecule has 5 nitrogen and oxygen atoms in total. The summed E-state index contributed by atoms with van der Waals surface area (Å²) in [6.07, 6.45) is 0. The van der Waals surface area contributed by atoms with Gasteiger partial charge < -0.3 is 10.1 Å². The monoisotopic (exact) mass is 345 g/mol. The van der Waals surface area contributed by atoms with Crippen LogP contribution in [0.3, 0.4) is 0 Å². The van der Waals surface area contributed by atoms with Crippen molar-refractivity contribution in [2.75, 3.05) is 5.32 Å². The molecule has 0 atom stereocenters. The number of para-hydroxylation sites is 2. The van der Waals surface area contributed by atoms with Gasteiger partial charge in [0.25, 0.3) is 0 Å². The van der Waals surface area contributed by atoms with Crippen LogP contribution in [0.2, 0.25) is 4.34 Å². The van der Waals surface area contributed by atoms with Crippen LogP contribution in [-0.2, 0) is 11.3 Å². The normalized spacial score (nSPS) is 10.3. The van der Waals surface area contributed by atoms with Crippen LogP contribution < -0.4 is 5.32 Å². The quantitative estimate of drug-likeness (QED) is 0.699. The second-order valence-electron chi connectivity index (χ2n) is 4.61. The Balaban J connectivity index is 1.74. The van der Waals surface area contributed by atoms with Gasteiger partial charge in [0.15, 0.2) is 0 Å². The van der Waals surface area contributed by atoms with Gasteiger partial charge >= 0.3 is 5.97 Å². The molecule has 116 valence electrons. The first-order valence-corrected chi connectivity index (χ1v) is 7.94. The predicted molar refractivity (Wildman–Crippen MR) is 90.2 cm³/mol. The van der Waals surface area contributed by atoms with Gasteiger partial charge in [-0.25, -0.2) is 4.79 Å². The van der Waals surface area contributed by atoms with E-state index in [4.69, 9.17) is 16.3 Å². The van der Waals surface area contributed by atoms with E-state index in [1.54, 1.807) is 12.1 Å². The topological polar surface area (TPSA) is 64.1 Å². The predicted octanol–water partition coefficient (Wildman–Crippen LogP) is 4.29. The number of carbonyl (C=O) groups is 1. The van der Waals surface area contributed by atoms with Crippen LogP contribution in [0.1, 0.15) is 16.1 Å². The molecule has 3 aromatic rings. The SMILES string of the molecule is O=C(OCc1nnsc1Cl)c1ccccc1Nc1ccccc1. The van der Waals surface area contributed by atoms with Gasteiger partial charge in [-0.3, -0.25) is 0 Å². The maximum absolute atomic E-state index is 12.3. The first-order valence-electron chi connectivity index (χ1n) is 6.79.